The van der Waals surface area contributed by atoms with E-state index in [-0.39, 0.29) is 0 Å². The Kier molecular flexibility index (Phi) is 4.87. The third-order valence-electron chi connectivity index (χ3n) is 3.88. The summed E-state index contributed by atoms with van der Waals surface area (Å²) >= 11 is 0. The van der Waals surface area contributed by atoms with Crippen molar-refractivity contribution in [2.75, 3.05) is 11.9 Å². The highest BCUT2D eigenvalue weighted by Crippen LogP contribution is 2.34. The van der Waals surface area contributed by atoms with Crippen molar-refractivity contribution >= 4 is 22.7 Å². The third-order valence-corrected chi connectivity index (χ3v) is 3.88. The first-order valence-corrected chi connectivity index (χ1v) is 7.99. The number of hydrogen-bond donors (Lipinski definition) is 0. The first kappa shape index (κ1) is 16.4. The van der Waals surface area contributed by atoms with Gasteiger partial charge in [0.2, 0.25) is 0 Å². The summed E-state index contributed by atoms with van der Waals surface area (Å²) in [5.41, 5.74) is 5.18. The van der Waals surface area contributed by atoms with Gasteiger partial charge in [0.15, 0.2) is 0 Å². The fourth-order valence-electron chi connectivity index (χ4n) is 2.54. The number of rotatable bonds is 4. The molecule has 122 valence electrons. The van der Waals surface area contributed by atoms with Crippen LogP contribution < -0.4 is 4.90 Å². The fourth-order valence-corrected chi connectivity index (χ4v) is 2.54. The van der Waals surface area contributed by atoms with Crippen LogP contribution in [0.4, 0.5) is 22.7 Å². The first-order chi connectivity index (χ1) is 12.2. The summed E-state index contributed by atoms with van der Waals surface area (Å²) in [6.45, 7) is 2.03. The molecule has 0 bridgehead atoms. The molecule has 0 aliphatic heterocycles. The van der Waals surface area contributed by atoms with Crippen molar-refractivity contribution in [1.82, 2.24) is 0 Å². The number of hydrogen-bond acceptors (Lipinski definition) is 4. The maximum atomic E-state index is 9.00. The van der Waals surface area contributed by atoms with Crippen molar-refractivity contribution < 1.29 is 0 Å². The molecule has 4 nitrogen and oxygen atoms in total. The summed E-state index contributed by atoms with van der Waals surface area (Å²) in [6.07, 6.45) is 0. The minimum Gasteiger partial charge on any atom is -0.343 e. The monoisotopic (exact) mass is 326 g/mol. The van der Waals surface area contributed by atoms with E-state index in [2.05, 4.69) is 39.4 Å². The smallest absolute Gasteiger partial charge is 0.110 e. The van der Waals surface area contributed by atoms with Gasteiger partial charge in [0.25, 0.3) is 0 Å². The van der Waals surface area contributed by atoms with E-state index in [0.717, 1.165) is 22.6 Å². The van der Waals surface area contributed by atoms with Crippen LogP contribution in [0.1, 0.15) is 11.1 Å². The highest BCUT2D eigenvalue weighted by Gasteiger charge is 2.09. The van der Waals surface area contributed by atoms with Gasteiger partial charge in [0, 0.05) is 12.7 Å². The fraction of sp³-hybridized carbons (Fsp3) is 0.0952. The van der Waals surface area contributed by atoms with E-state index < -0.39 is 0 Å². The van der Waals surface area contributed by atoms with Gasteiger partial charge in [-0.05, 0) is 55.0 Å². The predicted molar refractivity (Wildman–Crippen MR) is 101 cm³/mol. The largest absolute Gasteiger partial charge is 0.343 e. The molecule has 0 radical (unpaired) electrons. The van der Waals surface area contributed by atoms with E-state index in [4.69, 9.17) is 5.26 Å². The van der Waals surface area contributed by atoms with Crippen molar-refractivity contribution in [3.05, 3.63) is 83.9 Å². The second kappa shape index (κ2) is 7.41. The van der Waals surface area contributed by atoms with Crippen molar-refractivity contribution in [1.29, 1.82) is 5.26 Å². The summed E-state index contributed by atoms with van der Waals surface area (Å²) in [7, 11) is 2.01. The molecular formula is C21H18N4. The van der Waals surface area contributed by atoms with Crippen LogP contribution in [0, 0.1) is 18.3 Å². The van der Waals surface area contributed by atoms with Gasteiger partial charge in [-0.3, -0.25) is 0 Å². The molecule has 3 aromatic rings. The normalized spacial score (nSPS) is 10.6. The molecule has 0 fully saturated rings. The van der Waals surface area contributed by atoms with Crippen molar-refractivity contribution in [2.45, 2.75) is 6.92 Å². The van der Waals surface area contributed by atoms with E-state index in [1.165, 1.54) is 0 Å². The zero-order chi connectivity index (χ0) is 17.6. The Morgan fingerprint density at radius 2 is 1.68 bits per heavy atom. The molecule has 3 aromatic carbocycles. The number of anilines is 2. The van der Waals surface area contributed by atoms with E-state index in [1.807, 2.05) is 50.4 Å². The molecule has 0 atom stereocenters. The van der Waals surface area contributed by atoms with Gasteiger partial charge in [-0.25, -0.2) is 0 Å². The van der Waals surface area contributed by atoms with Crippen LogP contribution in [-0.2, 0) is 0 Å². The van der Waals surface area contributed by atoms with Gasteiger partial charge >= 0.3 is 0 Å². The van der Waals surface area contributed by atoms with Gasteiger partial charge < -0.3 is 4.90 Å². The number of nitriles is 1. The number of azo groups is 1. The molecule has 0 saturated heterocycles. The summed E-state index contributed by atoms with van der Waals surface area (Å²) in [4.78, 5) is 2.08. The second-order valence-corrected chi connectivity index (χ2v) is 5.75. The van der Waals surface area contributed by atoms with Crippen molar-refractivity contribution in [2.24, 2.45) is 10.2 Å². The molecule has 0 saturated carbocycles. The quantitative estimate of drug-likeness (QED) is 0.548. The minimum atomic E-state index is 0.572. The van der Waals surface area contributed by atoms with Gasteiger partial charge in [0.1, 0.15) is 5.69 Å². The SMILES string of the molecule is Cc1ccc(N(C)c2ccccc2)c(N=Nc2cccc(C#N)c2)c1. The Balaban J connectivity index is 1.97. The Morgan fingerprint density at radius 3 is 2.44 bits per heavy atom. The summed E-state index contributed by atoms with van der Waals surface area (Å²) < 4.78 is 0. The highest BCUT2D eigenvalue weighted by molar-refractivity contribution is 5.74. The number of aryl methyl sites for hydroxylation is 1. The van der Waals surface area contributed by atoms with Crippen LogP contribution in [0.3, 0.4) is 0 Å². The zero-order valence-corrected chi connectivity index (χ0v) is 14.2. The first-order valence-electron chi connectivity index (χ1n) is 7.99. The Labute approximate surface area is 147 Å². The summed E-state index contributed by atoms with van der Waals surface area (Å²) in [6, 6.07) is 25.5. The lowest BCUT2D eigenvalue weighted by Crippen LogP contribution is -2.09. The Morgan fingerprint density at radius 1 is 0.880 bits per heavy atom. The average Bonchev–Trinajstić information content (AvgIpc) is 2.67. The van der Waals surface area contributed by atoms with Crippen LogP contribution >= 0.6 is 0 Å². The minimum absolute atomic E-state index is 0.572. The van der Waals surface area contributed by atoms with E-state index in [1.54, 1.807) is 18.2 Å². The lowest BCUT2D eigenvalue weighted by atomic mass is 10.1. The van der Waals surface area contributed by atoms with Gasteiger partial charge in [-0.2, -0.15) is 10.4 Å². The van der Waals surface area contributed by atoms with Crippen molar-refractivity contribution in [3.8, 4) is 6.07 Å². The molecule has 0 N–H and O–H groups in total. The molecule has 0 aromatic heterocycles. The van der Waals surface area contributed by atoms with Crippen LogP contribution in [0.25, 0.3) is 0 Å². The topological polar surface area (TPSA) is 51.8 Å². The lowest BCUT2D eigenvalue weighted by molar-refractivity contribution is 1.16. The molecule has 25 heavy (non-hydrogen) atoms. The zero-order valence-electron chi connectivity index (χ0n) is 14.2. The third kappa shape index (κ3) is 3.91. The van der Waals surface area contributed by atoms with Gasteiger partial charge in [-0.15, -0.1) is 5.11 Å². The highest BCUT2D eigenvalue weighted by atomic mass is 15.2. The van der Waals surface area contributed by atoms with Crippen LogP contribution in [0.5, 0.6) is 0 Å². The van der Waals surface area contributed by atoms with Crippen LogP contribution in [0.15, 0.2) is 83.0 Å². The molecule has 0 heterocycles. The number of nitrogens with zero attached hydrogens (tertiary/aromatic N) is 4. The molecule has 0 aliphatic carbocycles. The molecule has 0 unspecified atom stereocenters. The van der Waals surface area contributed by atoms with Crippen LogP contribution in [-0.4, -0.2) is 7.05 Å². The summed E-state index contributed by atoms with van der Waals surface area (Å²) in [5, 5.41) is 17.7. The predicted octanol–water partition coefficient (Wildman–Crippen LogP) is 6.05. The second-order valence-electron chi connectivity index (χ2n) is 5.75. The Bertz CT molecular complexity index is 940. The van der Waals surface area contributed by atoms with E-state index in [0.29, 0.717) is 11.3 Å². The van der Waals surface area contributed by atoms with Crippen molar-refractivity contribution in [3.63, 3.8) is 0 Å². The summed E-state index contributed by atoms with van der Waals surface area (Å²) in [5.74, 6) is 0. The van der Waals surface area contributed by atoms with E-state index >= 15 is 0 Å². The number of benzene rings is 3. The average molecular weight is 326 g/mol. The lowest BCUT2D eigenvalue weighted by Gasteiger charge is -2.21. The maximum absolute atomic E-state index is 9.00. The van der Waals surface area contributed by atoms with E-state index in [9.17, 15) is 0 Å². The molecule has 3 rings (SSSR count). The molecule has 0 aliphatic rings. The van der Waals surface area contributed by atoms with Gasteiger partial charge in [-0.1, -0.05) is 30.3 Å². The maximum Gasteiger partial charge on any atom is 0.110 e. The molecule has 0 amide bonds. The Hall–Kier alpha value is -3.45. The molecule has 0 spiro atoms. The molecule has 4 heteroatoms. The van der Waals surface area contributed by atoms with Gasteiger partial charge in [0.05, 0.1) is 23.0 Å². The molecular weight excluding hydrogens is 308 g/mol. The standard InChI is InChI=1S/C21H18N4/c1-16-11-12-21(25(2)19-9-4-3-5-10-19)20(13-16)24-23-18-8-6-7-17(14-18)15-22/h3-14H,1-2H3. The number of para-hydroxylation sites is 1. The van der Waals surface area contributed by atoms with Crippen LogP contribution in [0.2, 0.25) is 0 Å².